The van der Waals surface area contributed by atoms with Crippen molar-refractivity contribution in [2.75, 3.05) is 20.8 Å². The van der Waals surface area contributed by atoms with Crippen LogP contribution in [0.3, 0.4) is 0 Å². The summed E-state index contributed by atoms with van der Waals surface area (Å²) in [6.07, 6.45) is 5.74. The fraction of sp³-hybridized carbons (Fsp3) is 0.667. The zero-order valence-electron chi connectivity index (χ0n) is 13.0. The van der Waals surface area contributed by atoms with E-state index in [9.17, 15) is 0 Å². The Kier molecular flexibility index (Phi) is 3.14. The molecule has 1 aliphatic heterocycles. The Balaban J connectivity index is 1.91. The molecule has 1 N–H and O–H groups in total. The summed E-state index contributed by atoms with van der Waals surface area (Å²) >= 11 is 0. The Labute approximate surface area is 127 Å². The second kappa shape index (κ2) is 4.80. The van der Waals surface area contributed by atoms with Crippen molar-refractivity contribution >= 4 is 0 Å². The van der Waals surface area contributed by atoms with Gasteiger partial charge in [0.25, 0.3) is 0 Å². The van der Waals surface area contributed by atoms with E-state index in [2.05, 4.69) is 29.6 Å². The molecule has 3 heteroatoms. The van der Waals surface area contributed by atoms with E-state index in [1.807, 2.05) is 14.2 Å². The molecule has 0 amide bonds. The predicted molar refractivity (Wildman–Crippen MR) is 82.3 cm³/mol. The van der Waals surface area contributed by atoms with Crippen LogP contribution in [0.5, 0.6) is 0 Å². The van der Waals surface area contributed by atoms with Crippen molar-refractivity contribution in [1.82, 2.24) is 5.32 Å². The first kappa shape index (κ1) is 13.7. The number of hydrogen-bond donors (Lipinski definition) is 1. The summed E-state index contributed by atoms with van der Waals surface area (Å²) in [4.78, 5) is 0. The molecule has 0 spiro atoms. The lowest BCUT2D eigenvalue weighted by Crippen LogP contribution is -2.68. The van der Waals surface area contributed by atoms with Crippen LogP contribution in [0.15, 0.2) is 24.3 Å². The molecule has 1 saturated carbocycles. The molecule has 0 unspecified atom stereocenters. The first-order valence-corrected chi connectivity index (χ1v) is 8.18. The van der Waals surface area contributed by atoms with E-state index in [0.717, 1.165) is 19.4 Å². The Morgan fingerprint density at radius 1 is 1.10 bits per heavy atom. The van der Waals surface area contributed by atoms with E-state index in [-0.39, 0.29) is 5.41 Å². The topological polar surface area (TPSA) is 30.5 Å². The van der Waals surface area contributed by atoms with Crippen molar-refractivity contribution < 1.29 is 9.47 Å². The maximum Gasteiger partial charge on any atom is 0.172 e. The van der Waals surface area contributed by atoms with Crippen molar-refractivity contribution in [2.45, 2.75) is 49.3 Å². The Bertz CT molecular complexity index is 536. The zero-order chi connectivity index (χ0) is 14.5. The maximum absolute atomic E-state index is 5.98. The van der Waals surface area contributed by atoms with Gasteiger partial charge in [0.2, 0.25) is 0 Å². The first-order valence-electron chi connectivity index (χ1n) is 8.18. The summed E-state index contributed by atoms with van der Waals surface area (Å²) in [7, 11) is 3.64. The normalized spacial score (nSPS) is 36.7. The van der Waals surface area contributed by atoms with Gasteiger partial charge in [0, 0.05) is 38.0 Å². The quantitative estimate of drug-likeness (QED) is 0.848. The average molecular weight is 287 g/mol. The molecule has 1 aromatic rings. The smallest absolute Gasteiger partial charge is 0.172 e. The van der Waals surface area contributed by atoms with E-state index in [0.29, 0.717) is 12.0 Å². The summed E-state index contributed by atoms with van der Waals surface area (Å²) in [5.41, 5.74) is 3.31. The van der Waals surface area contributed by atoms with Crippen LogP contribution in [-0.4, -0.2) is 32.6 Å². The molecule has 3 aliphatic rings. The van der Waals surface area contributed by atoms with Crippen LogP contribution >= 0.6 is 0 Å². The minimum absolute atomic E-state index is 0.231. The monoisotopic (exact) mass is 287 g/mol. The molecule has 4 rings (SSSR count). The third kappa shape index (κ3) is 1.71. The highest BCUT2D eigenvalue weighted by Gasteiger charge is 2.61. The molecule has 3 nitrogen and oxygen atoms in total. The summed E-state index contributed by atoms with van der Waals surface area (Å²) in [5, 5.41) is 3.75. The minimum Gasteiger partial charge on any atom is -0.353 e. The molecule has 2 fully saturated rings. The Morgan fingerprint density at radius 3 is 2.71 bits per heavy atom. The van der Waals surface area contributed by atoms with Crippen LogP contribution in [0.1, 0.15) is 36.8 Å². The summed E-state index contributed by atoms with van der Waals surface area (Å²) < 4.78 is 12.0. The van der Waals surface area contributed by atoms with Crippen molar-refractivity contribution in [3.05, 3.63) is 35.4 Å². The van der Waals surface area contributed by atoms with Gasteiger partial charge in [-0.15, -0.1) is 0 Å². The van der Waals surface area contributed by atoms with Crippen molar-refractivity contribution in [2.24, 2.45) is 5.92 Å². The minimum atomic E-state index is -0.427. The van der Waals surface area contributed by atoms with Crippen LogP contribution in [0.4, 0.5) is 0 Å². The molecule has 1 heterocycles. The van der Waals surface area contributed by atoms with Crippen LogP contribution in [0.2, 0.25) is 0 Å². The summed E-state index contributed by atoms with van der Waals surface area (Å²) in [6.45, 7) is 1.11. The molecule has 114 valence electrons. The van der Waals surface area contributed by atoms with Crippen molar-refractivity contribution in [3.63, 3.8) is 0 Å². The maximum atomic E-state index is 5.98. The fourth-order valence-electron chi connectivity index (χ4n) is 5.54. The van der Waals surface area contributed by atoms with Gasteiger partial charge in [-0.25, -0.2) is 0 Å². The van der Waals surface area contributed by atoms with Gasteiger partial charge in [-0.2, -0.15) is 0 Å². The second-order valence-electron chi connectivity index (χ2n) is 6.88. The summed E-state index contributed by atoms with van der Waals surface area (Å²) in [6, 6.07) is 9.50. The van der Waals surface area contributed by atoms with Gasteiger partial charge in [0.1, 0.15) is 0 Å². The second-order valence-corrected chi connectivity index (χ2v) is 6.88. The number of piperidine rings is 1. The van der Waals surface area contributed by atoms with E-state index < -0.39 is 5.79 Å². The molecule has 3 atom stereocenters. The van der Waals surface area contributed by atoms with E-state index in [1.165, 1.54) is 24.8 Å². The third-order valence-corrected chi connectivity index (χ3v) is 6.28. The molecule has 2 aliphatic carbocycles. The van der Waals surface area contributed by atoms with E-state index in [4.69, 9.17) is 9.47 Å². The van der Waals surface area contributed by atoms with E-state index in [1.54, 1.807) is 5.56 Å². The highest BCUT2D eigenvalue weighted by atomic mass is 16.7. The van der Waals surface area contributed by atoms with Crippen LogP contribution in [-0.2, 0) is 21.3 Å². The highest BCUT2D eigenvalue weighted by molar-refractivity contribution is 5.42. The lowest BCUT2D eigenvalue weighted by Gasteiger charge is -2.61. The van der Waals surface area contributed by atoms with Crippen molar-refractivity contribution in [1.29, 1.82) is 0 Å². The molecular formula is C18H25NO2. The van der Waals surface area contributed by atoms with Gasteiger partial charge in [0.15, 0.2) is 5.79 Å². The average Bonchev–Trinajstić information content (AvgIpc) is 2.54. The van der Waals surface area contributed by atoms with Gasteiger partial charge in [0.05, 0.1) is 0 Å². The standard InChI is InChI=1S/C18H25NO2/c1-20-18(21-2)9-5-8-17-10-11-19-15(16(17)18)12-13-6-3-4-7-14(13)17/h3-4,6-7,15-16,19H,5,8-12H2,1-2H3/t15-,16+,17+/m1/s1. The highest BCUT2D eigenvalue weighted by Crippen LogP contribution is 2.58. The lowest BCUT2D eigenvalue weighted by molar-refractivity contribution is -0.282. The number of hydrogen-bond acceptors (Lipinski definition) is 3. The van der Waals surface area contributed by atoms with Crippen LogP contribution in [0, 0.1) is 5.92 Å². The zero-order valence-corrected chi connectivity index (χ0v) is 13.0. The number of rotatable bonds is 2. The van der Waals surface area contributed by atoms with Gasteiger partial charge in [-0.3, -0.25) is 0 Å². The largest absolute Gasteiger partial charge is 0.353 e. The Hall–Kier alpha value is -0.900. The molecule has 0 aromatic heterocycles. The molecule has 1 saturated heterocycles. The number of benzene rings is 1. The summed E-state index contributed by atoms with van der Waals surface area (Å²) in [5.74, 6) is -0.0125. The number of nitrogens with one attached hydrogen (secondary N) is 1. The SMILES string of the molecule is COC1(OC)CCC[C@]23CCN[C@H](Cc4ccccc42)[C@H]13. The molecule has 1 aromatic carbocycles. The van der Waals surface area contributed by atoms with Gasteiger partial charge < -0.3 is 14.8 Å². The van der Waals surface area contributed by atoms with Gasteiger partial charge in [-0.05, 0) is 43.4 Å². The van der Waals surface area contributed by atoms with Gasteiger partial charge >= 0.3 is 0 Å². The third-order valence-electron chi connectivity index (χ3n) is 6.28. The van der Waals surface area contributed by atoms with E-state index >= 15 is 0 Å². The molecular weight excluding hydrogens is 262 g/mol. The number of methoxy groups -OCH3 is 2. The predicted octanol–water partition coefficient (Wildman–Crippen LogP) is 2.63. The lowest BCUT2D eigenvalue weighted by atomic mass is 9.51. The van der Waals surface area contributed by atoms with Crippen molar-refractivity contribution in [3.8, 4) is 0 Å². The van der Waals surface area contributed by atoms with Crippen LogP contribution in [0.25, 0.3) is 0 Å². The number of fused-ring (bicyclic) bond motifs is 1. The fourth-order valence-corrected chi connectivity index (χ4v) is 5.54. The van der Waals surface area contributed by atoms with Crippen LogP contribution < -0.4 is 5.32 Å². The number of ether oxygens (including phenoxy) is 2. The van der Waals surface area contributed by atoms with Gasteiger partial charge in [-0.1, -0.05) is 24.3 Å². The molecule has 0 radical (unpaired) electrons. The molecule has 21 heavy (non-hydrogen) atoms. The first-order chi connectivity index (χ1) is 10.3. The molecule has 2 bridgehead atoms. The Morgan fingerprint density at radius 2 is 1.90 bits per heavy atom.